The van der Waals surface area contributed by atoms with Crippen molar-refractivity contribution in [2.24, 2.45) is 5.92 Å². The molecule has 1 amide bonds. The Labute approximate surface area is 141 Å². The molecule has 24 heavy (non-hydrogen) atoms. The number of nitrogens with zero attached hydrogens (tertiary/aromatic N) is 2. The Hall–Kier alpha value is -2.76. The predicted molar refractivity (Wildman–Crippen MR) is 93.5 cm³/mol. The summed E-state index contributed by atoms with van der Waals surface area (Å²) in [7, 11) is 0. The molecule has 6 heteroatoms. The van der Waals surface area contributed by atoms with Crippen molar-refractivity contribution >= 4 is 23.2 Å². The Balaban J connectivity index is 1.94. The van der Waals surface area contributed by atoms with Crippen molar-refractivity contribution in [3.63, 3.8) is 0 Å². The minimum Gasteiger partial charge on any atom is -0.351 e. The number of carbonyl (C=O) groups excluding carboxylic acids is 2. The van der Waals surface area contributed by atoms with Gasteiger partial charge in [0.15, 0.2) is 5.78 Å². The highest BCUT2D eigenvalue weighted by molar-refractivity contribution is 5.94. The lowest BCUT2D eigenvalue weighted by molar-refractivity contribution is 0.0945. The highest BCUT2D eigenvalue weighted by atomic mass is 16.1. The van der Waals surface area contributed by atoms with Gasteiger partial charge in [0, 0.05) is 17.8 Å². The quantitative estimate of drug-likeness (QED) is 0.763. The van der Waals surface area contributed by atoms with Crippen LogP contribution in [0.3, 0.4) is 0 Å². The summed E-state index contributed by atoms with van der Waals surface area (Å²) in [6, 6.07) is 7.08. The molecule has 0 spiro atoms. The monoisotopic (exact) mass is 326 g/mol. The first-order chi connectivity index (χ1) is 11.5. The lowest BCUT2D eigenvalue weighted by Crippen LogP contribution is -2.26. The van der Waals surface area contributed by atoms with Crippen LogP contribution in [0.25, 0.3) is 0 Å². The Kier molecular flexibility index (Phi) is 6.01. The smallest absolute Gasteiger partial charge is 0.271 e. The zero-order valence-electron chi connectivity index (χ0n) is 14.2. The lowest BCUT2D eigenvalue weighted by atomic mass is 10.1. The Morgan fingerprint density at radius 1 is 1.08 bits per heavy atom. The first kappa shape index (κ1) is 17.6. The fourth-order valence-electron chi connectivity index (χ4n) is 2.01. The van der Waals surface area contributed by atoms with Gasteiger partial charge in [0.05, 0.1) is 12.4 Å². The summed E-state index contributed by atoms with van der Waals surface area (Å²) in [5.74, 6) is 0.872. The molecule has 0 fully saturated rings. The van der Waals surface area contributed by atoms with Gasteiger partial charge in [-0.25, -0.2) is 9.97 Å². The molecule has 0 saturated heterocycles. The summed E-state index contributed by atoms with van der Waals surface area (Å²) in [4.78, 5) is 31.5. The van der Waals surface area contributed by atoms with E-state index in [1.165, 1.54) is 19.3 Å². The Bertz CT molecular complexity index is 694. The first-order valence-corrected chi connectivity index (χ1v) is 7.94. The van der Waals surface area contributed by atoms with Crippen LogP contribution in [0.15, 0.2) is 36.7 Å². The van der Waals surface area contributed by atoms with Crippen LogP contribution in [0.1, 0.15) is 48.0 Å². The molecule has 0 atom stereocenters. The van der Waals surface area contributed by atoms with Crippen LogP contribution in [0.4, 0.5) is 11.5 Å². The minimum atomic E-state index is -0.222. The molecule has 0 unspecified atom stereocenters. The third-order valence-corrected chi connectivity index (χ3v) is 3.46. The van der Waals surface area contributed by atoms with Gasteiger partial charge >= 0.3 is 0 Å². The molecule has 6 nitrogen and oxygen atoms in total. The third-order valence-electron chi connectivity index (χ3n) is 3.46. The second-order valence-corrected chi connectivity index (χ2v) is 5.98. The maximum absolute atomic E-state index is 11.9. The molecule has 1 aromatic heterocycles. The average Bonchev–Trinajstić information content (AvgIpc) is 2.55. The van der Waals surface area contributed by atoms with E-state index in [2.05, 4.69) is 34.4 Å². The number of Topliss-reactive ketones (excluding diaryl/α,β-unsaturated/α-hetero) is 1. The summed E-state index contributed by atoms with van der Waals surface area (Å²) < 4.78 is 0. The van der Waals surface area contributed by atoms with E-state index < -0.39 is 0 Å². The van der Waals surface area contributed by atoms with Crippen LogP contribution in [0.2, 0.25) is 0 Å². The maximum Gasteiger partial charge on any atom is 0.271 e. The Morgan fingerprint density at radius 3 is 2.33 bits per heavy atom. The van der Waals surface area contributed by atoms with E-state index in [1.807, 2.05) is 0 Å². The summed E-state index contributed by atoms with van der Waals surface area (Å²) in [6.07, 6.45) is 3.88. The largest absolute Gasteiger partial charge is 0.351 e. The lowest BCUT2D eigenvalue weighted by Gasteiger charge is -2.08. The van der Waals surface area contributed by atoms with Crippen molar-refractivity contribution in [3.8, 4) is 0 Å². The van der Waals surface area contributed by atoms with Crippen LogP contribution in [0, 0.1) is 5.92 Å². The summed E-state index contributed by atoms with van der Waals surface area (Å²) in [5, 5.41) is 5.90. The maximum atomic E-state index is 11.9. The van der Waals surface area contributed by atoms with Crippen LogP contribution < -0.4 is 10.6 Å². The predicted octanol–water partition coefficient (Wildman–Crippen LogP) is 3.20. The van der Waals surface area contributed by atoms with Gasteiger partial charge in [-0.1, -0.05) is 13.8 Å². The van der Waals surface area contributed by atoms with Gasteiger partial charge in [-0.05, 0) is 43.5 Å². The molecule has 2 aromatic rings. The fraction of sp³-hybridized carbons (Fsp3) is 0.333. The van der Waals surface area contributed by atoms with E-state index in [9.17, 15) is 9.59 Å². The van der Waals surface area contributed by atoms with Crippen LogP contribution in [-0.4, -0.2) is 28.2 Å². The second-order valence-electron chi connectivity index (χ2n) is 5.98. The van der Waals surface area contributed by atoms with Crippen LogP contribution >= 0.6 is 0 Å². The molecule has 0 bridgehead atoms. The average molecular weight is 326 g/mol. The summed E-state index contributed by atoms with van der Waals surface area (Å²) >= 11 is 0. The fourth-order valence-corrected chi connectivity index (χ4v) is 2.01. The first-order valence-electron chi connectivity index (χ1n) is 7.94. The Morgan fingerprint density at radius 2 is 1.79 bits per heavy atom. The highest BCUT2D eigenvalue weighted by Gasteiger charge is 2.08. The molecule has 0 radical (unpaired) electrons. The molecule has 0 aliphatic heterocycles. The molecular formula is C18H22N4O2. The minimum absolute atomic E-state index is 0.0224. The zero-order chi connectivity index (χ0) is 17.5. The van der Waals surface area contributed by atoms with Gasteiger partial charge in [0.25, 0.3) is 5.91 Å². The van der Waals surface area contributed by atoms with Gasteiger partial charge in [-0.2, -0.15) is 0 Å². The van der Waals surface area contributed by atoms with Gasteiger partial charge in [0.1, 0.15) is 11.5 Å². The molecule has 0 saturated carbocycles. The summed E-state index contributed by atoms with van der Waals surface area (Å²) in [5.41, 5.74) is 1.74. The van der Waals surface area contributed by atoms with Gasteiger partial charge in [0.2, 0.25) is 0 Å². The van der Waals surface area contributed by atoms with Crippen molar-refractivity contribution in [3.05, 3.63) is 47.9 Å². The van der Waals surface area contributed by atoms with Crippen molar-refractivity contribution in [2.45, 2.75) is 27.2 Å². The normalized spacial score (nSPS) is 10.5. The molecule has 2 rings (SSSR count). The number of hydrogen-bond acceptors (Lipinski definition) is 5. The highest BCUT2D eigenvalue weighted by Crippen LogP contribution is 2.15. The van der Waals surface area contributed by atoms with Crippen LogP contribution in [0.5, 0.6) is 0 Å². The van der Waals surface area contributed by atoms with E-state index in [1.54, 1.807) is 24.3 Å². The van der Waals surface area contributed by atoms with E-state index in [-0.39, 0.29) is 17.4 Å². The van der Waals surface area contributed by atoms with E-state index in [4.69, 9.17) is 0 Å². The van der Waals surface area contributed by atoms with Crippen molar-refractivity contribution in [1.82, 2.24) is 15.3 Å². The van der Waals surface area contributed by atoms with E-state index in [0.29, 0.717) is 23.8 Å². The van der Waals surface area contributed by atoms with Gasteiger partial charge in [-0.15, -0.1) is 0 Å². The molecule has 2 N–H and O–H groups in total. The SMILES string of the molecule is CC(=O)c1ccc(Nc2cnc(C(=O)NCCC(C)C)cn2)cc1. The number of benzene rings is 1. The number of carbonyl (C=O) groups is 2. The number of ketones is 1. The van der Waals surface area contributed by atoms with Crippen molar-refractivity contribution in [1.29, 1.82) is 0 Å². The molecule has 0 aliphatic carbocycles. The number of rotatable bonds is 7. The number of aromatic nitrogens is 2. The molecule has 1 heterocycles. The molecule has 0 aliphatic rings. The van der Waals surface area contributed by atoms with E-state index in [0.717, 1.165) is 12.1 Å². The summed E-state index contributed by atoms with van der Waals surface area (Å²) in [6.45, 7) is 6.37. The van der Waals surface area contributed by atoms with Crippen LogP contribution in [-0.2, 0) is 0 Å². The molecular weight excluding hydrogens is 304 g/mol. The standard InChI is InChI=1S/C18H22N4O2/c1-12(2)8-9-19-18(24)16-10-21-17(11-20-16)22-15-6-4-14(5-7-15)13(3)23/h4-7,10-12H,8-9H2,1-3H3,(H,19,24)(H,21,22). The second kappa shape index (κ2) is 8.19. The number of nitrogens with one attached hydrogen (secondary N) is 2. The van der Waals surface area contributed by atoms with Gasteiger partial charge < -0.3 is 10.6 Å². The number of hydrogen-bond donors (Lipinski definition) is 2. The van der Waals surface area contributed by atoms with Gasteiger partial charge in [-0.3, -0.25) is 9.59 Å². The zero-order valence-corrected chi connectivity index (χ0v) is 14.2. The number of amides is 1. The molecule has 1 aromatic carbocycles. The van der Waals surface area contributed by atoms with Crippen molar-refractivity contribution in [2.75, 3.05) is 11.9 Å². The topological polar surface area (TPSA) is 84.0 Å². The van der Waals surface area contributed by atoms with E-state index >= 15 is 0 Å². The molecule has 126 valence electrons. The third kappa shape index (κ3) is 5.15. The number of anilines is 2. The van der Waals surface area contributed by atoms with Crippen molar-refractivity contribution < 1.29 is 9.59 Å².